The van der Waals surface area contributed by atoms with Gasteiger partial charge in [0.1, 0.15) is 47.4 Å². The molecule has 0 radical (unpaired) electrons. The van der Waals surface area contributed by atoms with Gasteiger partial charge in [-0.3, -0.25) is 9.36 Å². The highest BCUT2D eigenvalue weighted by Crippen LogP contribution is 2.36. The Bertz CT molecular complexity index is 1560. The summed E-state index contributed by atoms with van der Waals surface area (Å²) in [6.07, 6.45) is 5.10. The van der Waals surface area contributed by atoms with E-state index in [1.807, 2.05) is 0 Å². The van der Waals surface area contributed by atoms with Gasteiger partial charge < -0.3 is 5.11 Å². The van der Waals surface area contributed by atoms with E-state index in [-0.39, 0.29) is 23.1 Å². The lowest BCUT2D eigenvalue weighted by Gasteiger charge is -2.35. The molecule has 5 aromatic rings. The highest BCUT2D eigenvalue weighted by atomic mass is 19.1. The quantitative estimate of drug-likeness (QED) is 0.400. The lowest BCUT2D eigenvalue weighted by Crippen LogP contribution is -2.43. The van der Waals surface area contributed by atoms with Gasteiger partial charge >= 0.3 is 0 Å². The van der Waals surface area contributed by atoms with Gasteiger partial charge in [-0.25, -0.2) is 32.5 Å². The summed E-state index contributed by atoms with van der Waals surface area (Å²) in [5.41, 5.74) is -2.10. The van der Waals surface area contributed by atoms with Crippen LogP contribution in [0.1, 0.15) is 18.5 Å². The molecule has 5 rings (SSSR count). The zero-order chi connectivity index (χ0) is 24.7. The smallest absolute Gasteiger partial charge is 0.264 e. The summed E-state index contributed by atoms with van der Waals surface area (Å²) in [5, 5.41) is 20.1. The molecule has 3 heterocycles. The fraction of sp³-hybridized carbons (Fsp3) is 0.174. The van der Waals surface area contributed by atoms with Crippen LogP contribution in [-0.4, -0.2) is 39.2 Å². The zero-order valence-electron chi connectivity index (χ0n) is 18.3. The van der Waals surface area contributed by atoms with Crippen LogP contribution in [-0.2, 0) is 12.1 Å². The predicted octanol–water partition coefficient (Wildman–Crippen LogP) is 2.74. The summed E-state index contributed by atoms with van der Waals surface area (Å²) in [6.45, 7) is 1.23. The molecule has 3 aromatic heterocycles. The zero-order valence-corrected chi connectivity index (χ0v) is 18.3. The second-order valence-electron chi connectivity index (χ2n) is 8.04. The number of hydrogen-bond acceptors (Lipinski definition) is 6. The van der Waals surface area contributed by atoms with Crippen LogP contribution in [0.15, 0.2) is 72.4 Å². The molecule has 0 amide bonds. The van der Waals surface area contributed by atoms with Crippen molar-refractivity contribution < 1.29 is 18.3 Å². The minimum absolute atomic E-state index is 0.131. The number of hydrogen-bond donors (Lipinski definition) is 1. The summed E-state index contributed by atoms with van der Waals surface area (Å²) in [6, 6.07) is 7.23. The Morgan fingerprint density at radius 2 is 1.77 bits per heavy atom. The summed E-state index contributed by atoms with van der Waals surface area (Å²) in [7, 11) is 0. The van der Waals surface area contributed by atoms with Crippen LogP contribution < -0.4 is 5.56 Å². The van der Waals surface area contributed by atoms with Gasteiger partial charge in [0.15, 0.2) is 5.65 Å². The SMILES string of the molecule is C[C@@H](n1cnc2c(cnn2-c2ccc(F)cc2)c1=O)[C@](O)(Cn1cncn1)c1ccc(F)cc1F. The number of halogens is 3. The van der Waals surface area contributed by atoms with E-state index < -0.39 is 34.7 Å². The van der Waals surface area contributed by atoms with E-state index in [1.165, 1.54) is 65.7 Å². The van der Waals surface area contributed by atoms with Crippen molar-refractivity contribution in [3.63, 3.8) is 0 Å². The van der Waals surface area contributed by atoms with E-state index in [1.54, 1.807) is 0 Å². The fourth-order valence-corrected chi connectivity index (χ4v) is 4.05. The molecule has 0 aliphatic rings. The average Bonchev–Trinajstić information content (AvgIpc) is 3.49. The van der Waals surface area contributed by atoms with Crippen LogP contribution in [0.4, 0.5) is 13.2 Å². The van der Waals surface area contributed by atoms with E-state index in [2.05, 4.69) is 20.2 Å². The number of benzene rings is 2. The number of aliphatic hydroxyl groups is 1. The van der Waals surface area contributed by atoms with E-state index in [4.69, 9.17) is 0 Å². The van der Waals surface area contributed by atoms with Crippen molar-refractivity contribution in [3.05, 3.63) is 101 Å². The second kappa shape index (κ2) is 8.47. The molecule has 0 aliphatic heterocycles. The Labute approximate surface area is 195 Å². The molecule has 1 N–H and O–H groups in total. The third-order valence-corrected chi connectivity index (χ3v) is 5.96. The van der Waals surface area contributed by atoms with Crippen LogP contribution >= 0.6 is 0 Å². The molecule has 35 heavy (non-hydrogen) atoms. The lowest BCUT2D eigenvalue weighted by molar-refractivity contribution is -0.0343. The summed E-state index contributed by atoms with van der Waals surface area (Å²) in [4.78, 5) is 21.6. The highest BCUT2D eigenvalue weighted by molar-refractivity contribution is 5.74. The molecular weight excluding hydrogens is 463 g/mol. The lowest BCUT2D eigenvalue weighted by atomic mass is 9.86. The van der Waals surface area contributed by atoms with Gasteiger partial charge in [-0.15, -0.1) is 0 Å². The number of aromatic nitrogens is 7. The summed E-state index contributed by atoms with van der Waals surface area (Å²) < 4.78 is 45.6. The maximum absolute atomic E-state index is 14.8. The van der Waals surface area contributed by atoms with Crippen molar-refractivity contribution in [3.8, 4) is 5.69 Å². The first kappa shape index (κ1) is 22.5. The van der Waals surface area contributed by atoms with E-state index in [9.17, 15) is 23.1 Å². The van der Waals surface area contributed by atoms with Crippen molar-refractivity contribution in [1.82, 2.24) is 34.1 Å². The van der Waals surface area contributed by atoms with Gasteiger partial charge in [-0.1, -0.05) is 6.07 Å². The molecule has 9 nitrogen and oxygen atoms in total. The van der Waals surface area contributed by atoms with Crippen molar-refractivity contribution in [2.75, 3.05) is 0 Å². The monoisotopic (exact) mass is 481 g/mol. The molecule has 0 aliphatic carbocycles. The van der Waals surface area contributed by atoms with Crippen LogP contribution in [0.2, 0.25) is 0 Å². The third kappa shape index (κ3) is 3.87. The minimum atomic E-state index is -2.04. The van der Waals surface area contributed by atoms with E-state index in [0.717, 1.165) is 16.7 Å². The second-order valence-corrected chi connectivity index (χ2v) is 8.04. The first-order valence-electron chi connectivity index (χ1n) is 10.5. The van der Waals surface area contributed by atoms with Gasteiger partial charge in [0.25, 0.3) is 5.56 Å². The summed E-state index contributed by atoms with van der Waals surface area (Å²) >= 11 is 0. The molecule has 0 spiro atoms. The van der Waals surface area contributed by atoms with Gasteiger partial charge in [0, 0.05) is 11.6 Å². The van der Waals surface area contributed by atoms with Crippen LogP contribution in [0.5, 0.6) is 0 Å². The molecule has 2 atom stereocenters. The highest BCUT2D eigenvalue weighted by Gasteiger charge is 2.41. The molecule has 0 saturated carbocycles. The van der Waals surface area contributed by atoms with Gasteiger partial charge in [0.05, 0.1) is 24.5 Å². The van der Waals surface area contributed by atoms with E-state index in [0.29, 0.717) is 11.8 Å². The Balaban J connectivity index is 1.62. The molecule has 12 heteroatoms. The number of nitrogens with zero attached hydrogens (tertiary/aromatic N) is 7. The maximum atomic E-state index is 14.8. The number of rotatable bonds is 6. The Kier molecular flexibility index (Phi) is 5.44. The Hall–Kier alpha value is -4.32. The first-order chi connectivity index (χ1) is 16.8. The molecule has 178 valence electrons. The fourth-order valence-electron chi connectivity index (χ4n) is 4.05. The van der Waals surface area contributed by atoms with Crippen molar-refractivity contribution in [1.29, 1.82) is 0 Å². The summed E-state index contributed by atoms with van der Waals surface area (Å²) in [5.74, 6) is -2.21. The average molecular weight is 481 g/mol. The van der Waals surface area contributed by atoms with Crippen LogP contribution in [0.3, 0.4) is 0 Å². The topological polar surface area (TPSA) is 104 Å². The van der Waals surface area contributed by atoms with Crippen molar-refractivity contribution >= 4 is 11.0 Å². The molecule has 0 fully saturated rings. The van der Waals surface area contributed by atoms with Crippen molar-refractivity contribution in [2.45, 2.75) is 25.1 Å². The Morgan fingerprint density at radius 1 is 1.03 bits per heavy atom. The third-order valence-electron chi connectivity index (χ3n) is 5.96. The minimum Gasteiger partial charge on any atom is -0.381 e. The first-order valence-corrected chi connectivity index (χ1v) is 10.5. The molecule has 0 bridgehead atoms. The molecular formula is C23H18F3N7O2. The van der Waals surface area contributed by atoms with Gasteiger partial charge in [-0.2, -0.15) is 10.2 Å². The number of fused-ring (bicyclic) bond motifs is 1. The molecule has 0 saturated heterocycles. The molecule has 2 aromatic carbocycles. The molecule has 0 unspecified atom stereocenters. The van der Waals surface area contributed by atoms with Crippen LogP contribution in [0, 0.1) is 17.5 Å². The normalized spacial score (nSPS) is 14.2. The predicted molar refractivity (Wildman–Crippen MR) is 118 cm³/mol. The van der Waals surface area contributed by atoms with Gasteiger partial charge in [-0.05, 0) is 37.3 Å². The largest absolute Gasteiger partial charge is 0.381 e. The van der Waals surface area contributed by atoms with Crippen LogP contribution in [0.25, 0.3) is 16.7 Å². The Morgan fingerprint density at radius 3 is 2.46 bits per heavy atom. The van der Waals surface area contributed by atoms with Gasteiger partial charge in [0.2, 0.25) is 0 Å². The maximum Gasteiger partial charge on any atom is 0.264 e. The standard InChI is InChI=1S/C23H18F3N7O2/c1-14(23(35,10-31-12-27-11-30-31)19-7-4-16(25)8-20(19)26)32-13-28-21-18(22(32)34)9-29-33(21)17-5-2-15(24)3-6-17/h2-9,11-14,35H,10H2,1H3/t14-,23-/m1/s1. The van der Waals surface area contributed by atoms with E-state index >= 15 is 0 Å². The van der Waals surface area contributed by atoms with Crippen molar-refractivity contribution in [2.24, 2.45) is 0 Å².